The van der Waals surface area contributed by atoms with Crippen LogP contribution in [0, 0.1) is 0 Å². The summed E-state index contributed by atoms with van der Waals surface area (Å²) in [5.41, 5.74) is 8.90. The van der Waals surface area contributed by atoms with E-state index >= 15 is 0 Å². The van der Waals surface area contributed by atoms with E-state index in [4.69, 9.17) is 16.6 Å². The van der Waals surface area contributed by atoms with E-state index < -0.39 is 29.5 Å². The summed E-state index contributed by atoms with van der Waals surface area (Å²) in [5, 5.41) is 8.53. The van der Waals surface area contributed by atoms with Gasteiger partial charge < -0.3 is 16.6 Å². The number of pyridine rings is 1. The van der Waals surface area contributed by atoms with E-state index in [9.17, 15) is 13.6 Å². The average Bonchev–Trinajstić information content (AvgIpc) is 2.07. The van der Waals surface area contributed by atoms with Gasteiger partial charge in [0.2, 0.25) is 0 Å². The zero-order valence-corrected chi connectivity index (χ0v) is 6.87. The van der Waals surface area contributed by atoms with Crippen molar-refractivity contribution >= 4 is 17.5 Å². The second kappa shape index (κ2) is 3.44. The molecule has 5 N–H and O–H groups in total. The maximum absolute atomic E-state index is 12.2. The van der Waals surface area contributed by atoms with E-state index in [1.54, 1.807) is 0 Å². The highest BCUT2D eigenvalue weighted by atomic mass is 19.3. The van der Waals surface area contributed by atoms with Crippen LogP contribution >= 0.6 is 0 Å². The van der Waals surface area contributed by atoms with Crippen molar-refractivity contribution in [3.63, 3.8) is 0 Å². The number of nitrogens with zero attached hydrogens (tertiary/aromatic N) is 1. The predicted octanol–water partition coefficient (Wildman–Crippen LogP) is 0.882. The van der Waals surface area contributed by atoms with Crippen LogP contribution in [0.4, 0.5) is 20.3 Å². The van der Waals surface area contributed by atoms with Crippen molar-refractivity contribution in [2.45, 2.75) is 6.43 Å². The molecule has 0 spiro atoms. The lowest BCUT2D eigenvalue weighted by Crippen LogP contribution is -2.10. The number of nitrogens with two attached hydrogens (primary N) is 2. The Morgan fingerprint density at radius 1 is 1.50 bits per heavy atom. The fourth-order valence-corrected chi connectivity index (χ4v) is 0.905. The van der Waals surface area contributed by atoms with Crippen LogP contribution in [-0.2, 0) is 0 Å². The Kier molecular flexibility index (Phi) is 2.50. The smallest absolute Gasteiger partial charge is 0.356 e. The summed E-state index contributed by atoms with van der Waals surface area (Å²) in [5.74, 6) is -1.93. The fourth-order valence-electron chi connectivity index (χ4n) is 0.905. The minimum atomic E-state index is -2.83. The SMILES string of the molecule is Nc1cc(C(F)F)c(N)nc1C(=O)O. The molecule has 14 heavy (non-hydrogen) atoms. The number of hydrogen-bond donors (Lipinski definition) is 3. The Bertz CT molecular complexity index is 381. The molecule has 1 rings (SSSR count). The van der Waals surface area contributed by atoms with E-state index in [0.717, 1.165) is 6.07 Å². The average molecular weight is 203 g/mol. The number of hydrogen-bond acceptors (Lipinski definition) is 4. The summed E-state index contributed by atoms with van der Waals surface area (Å²) in [4.78, 5) is 13.7. The number of halogens is 2. The van der Waals surface area contributed by atoms with Crippen molar-refractivity contribution in [1.82, 2.24) is 4.98 Å². The molecule has 0 bridgehead atoms. The summed E-state index contributed by atoms with van der Waals surface area (Å²) in [7, 11) is 0. The van der Waals surface area contributed by atoms with Crippen molar-refractivity contribution in [3.8, 4) is 0 Å². The van der Waals surface area contributed by atoms with Gasteiger partial charge in [-0.2, -0.15) is 0 Å². The molecule has 1 aromatic heterocycles. The highest BCUT2D eigenvalue weighted by Crippen LogP contribution is 2.26. The highest BCUT2D eigenvalue weighted by molar-refractivity contribution is 5.92. The number of anilines is 2. The van der Waals surface area contributed by atoms with Crippen molar-refractivity contribution in [1.29, 1.82) is 0 Å². The first kappa shape index (κ1) is 10.2. The first-order valence-electron chi connectivity index (χ1n) is 3.50. The predicted molar refractivity (Wildman–Crippen MR) is 45.0 cm³/mol. The Morgan fingerprint density at radius 2 is 2.07 bits per heavy atom. The van der Waals surface area contributed by atoms with Gasteiger partial charge in [0, 0.05) is 0 Å². The van der Waals surface area contributed by atoms with Crippen LogP contribution in [-0.4, -0.2) is 16.1 Å². The minimum Gasteiger partial charge on any atom is -0.476 e. The number of alkyl halides is 2. The van der Waals surface area contributed by atoms with Crippen LogP contribution in [0.3, 0.4) is 0 Å². The van der Waals surface area contributed by atoms with Gasteiger partial charge in [0.15, 0.2) is 5.69 Å². The lowest BCUT2D eigenvalue weighted by Gasteiger charge is -2.06. The van der Waals surface area contributed by atoms with E-state index in [1.807, 2.05) is 0 Å². The molecule has 0 amide bonds. The Balaban J connectivity index is 3.31. The number of aromatic nitrogens is 1. The molecule has 7 heteroatoms. The van der Waals surface area contributed by atoms with Gasteiger partial charge in [-0.3, -0.25) is 0 Å². The molecular formula is C7H7F2N3O2. The number of carbonyl (C=O) groups is 1. The van der Waals surface area contributed by atoms with Gasteiger partial charge >= 0.3 is 5.97 Å². The van der Waals surface area contributed by atoms with Crippen LogP contribution in [0.5, 0.6) is 0 Å². The van der Waals surface area contributed by atoms with Gasteiger partial charge in [-0.05, 0) is 6.07 Å². The monoisotopic (exact) mass is 203 g/mol. The fraction of sp³-hybridized carbons (Fsp3) is 0.143. The van der Waals surface area contributed by atoms with Gasteiger partial charge in [0.25, 0.3) is 6.43 Å². The van der Waals surface area contributed by atoms with E-state index in [-0.39, 0.29) is 5.69 Å². The lowest BCUT2D eigenvalue weighted by atomic mass is 10.2. The lowest BCUT2D eigenvalue weighted by molar-refractivity contribution is 0.0691. The maximum Gasteiger partial charge on any atom is 0.356 e. The van der Waals surface area contributed by atoms with E-state index in [1.165, 1.54) is 0 Å². The number of aromatic carboxylic acids is 1. The molecule has 76 valence electrons. The topological polar surface area (TPSA) is 102 Å². The maximum atomic E-state index is 12.2. The molecule has 0 aromatic carbocycles. The Labute approximate surface area is 77.3 Å². The molecule has 0 radical (unpaired) electrons. The molecule has 0 saturated carbocycles. The molecule has 0 aliphatic heterocycles. The van der Waals surface area contributed by atoms with Crippen LogP contribution in [0.15, 0.2) is 6.07 Å². The van der Waals surface area contributed by atoms with Crippen molar-refractivity contribution < 1.29 is 18.7 Å². The van der Waals surface area contributed by atoms with Crippen LogP contribution in [0.1, 0.15) is 22.5 Å². The summed E-state index contributed by atoms with van der Waals surface area (Å²) >= 11 is 0. The third kappa shape index (κ3) is 1.70. The Hall–Kier alpha value is -1.92. The number of rotatable bonds is 2. The molecule has 1 aromatic rings. The van der Waals surface area contributed by atoms with Gasteiger partial charge in [0.05, 0.1) is 11.3 Å². The van der Waals surface area contributed by atoms with Gasteiger partial charge in [0.1, 0.15) is 5.82 Å². The standard InChI is InChI=1S/C7H7F2N3O2/c8-5(9)2-1-3(10)4(7(13)14)12-6(2)11/h1,5H,10H2,(H2,11,12)(H,13,14). The Morgan fingerprint density at radius 3 is 2.50 bits per heavy atom. The highest BCUT2D eigenvalue weighted by Gasteiger charge is 2.18. The summed E-state index contributed by atoms with van der Waals surface area (Å²) in [6.07, 6.45) is -2.83. The van der Waals surface area contributed by atoms with Gasteiger partial charge in [-0.25, -0.2) is 18.6 Å². The third-order valence-corrected chi connectivity index (χ3v) is 1.55. The van der Waals surface area contributed by atoms with E-state index in [2.05, 4.69) is 4.98 Å². The normalized spacial score (nSPS) is 10.5. The van der Waals surface area contributed by atoms with Crippen LogP contribution in [0.2, 0.25) is 0 Å². The molecule has 5 nitrogen and oxygen atoms in total. The zero-order valence-electron chi connectivity index (χ0n) is 6.87. The van der Waals surface area contributed by atoms with Crippen LogP contribution in [0.25, 0.3) is 0 Å². The van der Waals surface area contributed by atoms with Crippen LogP contribution < -0.4 is 11.5 Å². The molecule has 0 fully saturated rings. The van der Waals surface area contributed by atoms with Gasteiger partial charge in [-0.1, -0.05) is 0 Å². The zero-order chi connectivity index (χ0) is 10.9. The molecule has 0 aliphatic carbocycles. The largest absolute Gasteiger partial charge is 0.476 e. The number of nitrogen functional groups attached to an aromatic ring is 2. The summed E-state index contributed by atoms with van der Waals surface area (Å²) in [6, 6.07) is 0.816. The molecular weight excluding hydrogens is 196 g/mol. The van der Waals surface area contributed by atoms with Crippen molar-refractivity contribution in [2.24, 2.45) is 0 Å². The second-order valence-corrected chi connectivity index (χ2v) is 2.51. The molecule has 0 unspecified atom stereocenters. The summed E-state index contributed by atoms with van der Waals surface area (Å²) in [6.45, 7) is 0. The third-order valence-electron chi connectivity index (χ3n) is 1.55. The number of carboxylic acids is 1. The number of carboxylic acid groups (broad SMARTS) is 1. The quantitative estimate of drug-likeness (QED) is 0.662. The molecule has 0 atom stereocenters. The molecule has 1 heterocycles. The molecule has 0 aliphatic rings. The van der Waals surface area contributed by atoms with Crippen molar-refractivity contribution in [2.75, 3.05) is 11.5 Å². The first-order valence-corrected chi connectivity index (χ1v) is 3.50. The second-order valence-electron chi connectivity index (χ2n) is 2.51. The van der Waals surface area contributed by atoms with Crippen molar-refractivity contribution in [3.05, 3.63) is 17.3 Å². The minimum absolute atomic E-state index is 0.331. The van der Waals surface area contributed by atoms with E-state index in [0.29, 0.717) is 0 Å². The molecule has 0 saturated heterocycles. The first-order chi connectivity index (χ1) is 6.43. The summed E-state index contributed by atoms with van der Waals surface area (Å²) < 4.78 is 24.4. The van der Waals surface area contributed by atoms with Gasteiger partial charge in [-0.15, -0.1) is 0 Å².